The van der Waals surface area contributed by atoms with Gasteiger partial charge in [-0.1, -0.05) is 11.6 Å². The summed E-state index contributed by atoms with van der Waals surface area (Å²) in [6.45, 7) is 7.21. The molecular formula is C21H19ClN4O2S. The molecular weight excluding hydrogens is 408 g/mol. The van der Waals surface area contributed by atoms with E-state index >= 15 is 0 Å². The van der Waals surface area contributed by atoms with Crippen molar-refractivity contribution in [3.8, 4) is 0 Å². The van der Waals surface area contributed by atoms with E-state index in [1.807, 2.05) is 19.4 Å². The van der Waals surface area contributed by atoms with Crippen LogP contribution in [0.1, 0.15) is 12.8 Å². The van der Waals surface area contributed by atoms with E-state index in [1.165, 1.54) is 11.8 Å². The number of halogens is 1. The largest absolute Gasteiger partial charge is 0.356 e. The van der Waals surface area contributed by atoms with E-state index in [0.717, 1.165) is 29.8 Å². The highest BCUT2D eigenvalue weighted by molar-refractivity contribution is 7.99. The zero-order chi connectivity index (χ0) is 20.7. The predicted molar refractivity (Wildman–Crippen MR) is 118 cm³/mol. The molecule has 1 aromatic carbocycles. The minimum atomic E-state index is -0.123. The van der Waals surface area contributed by atoms with Crippen molar-refractivity contribution in [2.45, 2.75) is 36.4 Å². The van der Waals surface area contributed by atoms with Crippen molar-refractivity contribution >= 4 is 57.4 Å². The number of aldehydes is 1. The van der Waals surface area contributed by atoms with Gasteiger partial charge < -0.3 is 19.1 Å². The molecule has 0 aliphatic heterocycles. The monoisotopic (exact) mass is 426 g/mol. The van der Waals surface area contributed by atoms with Crippen molar-refractivity contribution in [3.63, 3.8) is 0 Å². The highest BCUT2D eigenvalue weighted by Crippen LogP contribution is 2.35. The first-order chi connectivity index (χ1) is 14.0. The van der Waals surface area contributed by atoms with Crippen molar-refractivity contribution in [2.75, 3.05) is 18.2 Å². The molecule has 0 unspecified atom stereocenters. The van der Waals surface area contributed by atoms with E-state index in [1.54, 1.807) is 22.8 Å². The summed E-state index contributed by atoms with van der Waals surface area (Å²) in [5.41, 5.74) is 0.985. The molecule has 0 bridgehead atoms. The van der Waals surface area contributed by atoms with Crippen LogP contribution in [0, 0.1) is 6.57 Å². The summed E-state index contributed by atoms with van der Waals surface area (Å²) in [7, 11) is 1.95. The Morgan fingerprint density at radius 3 is 2.72 bits per heavy atom. The van der Waals surface area contributed by atoms with Gasteiger partial charge in [-0.15, -0.1) is 11.8 Å². The molecule has 0 amide bonds. The molecule has 0 spiro atoms. The second kappa shape index (κ2) is 7.69. The normalized spacial score (nSPS) is 18.4. The zero-order valence-corrected chi connectivity index (χ0v) is 17.6. The maximum atomic E-state index is 13.1. The number of pyridine rings is 2. The fourth-order valence-corrected chi connectivity index (χ4v) is 4.94. The van der Waals surface area contributed by atoms with Gasteiger partial charge in [-0.2, -0.15) is 0 Å². The summed E-state index contributed by atoms with van der Waals surface area (Å²) in [5.74, 6) is 0.719. The Bertz CT molecular complexity index is 1230. The first kappa shape index (κ1) is 19.7. The number of benzene rings is 1. The summed E-state index contributed by atoms with van der Waals surface area (Å²) in [6, 6.07) is 7.36. The Labute approximate surface area is 177 Å². The minimum Gasteiger partial charge on any atom is -0.356 e. The summed E-state index contributed by atoms with van der Waals surface area (Å²) in [6.07, 6.45) is 4.32. The number of carbonyl (C=O) groups is 1. The highest BCUT2D eigenvalue weighted by Gasteiger charge is 2.37. The average Bonchev–Trinajstić information content (AvgIpc) is 2.69. The fourth-order valence-electron chi connectivity index (χ4n) is 3.88. The van der Waals surface area contributed by atoms with Crippen molar-refractivity contribution in [1.82, 2.24) is 9.55 Å². The molecule has 1 aliphatic carbocycles. The summed E-state index contributed by atoms with van der Waals surface area (Å²) in [4.78, 5) is 35.8. The van der Waals surface area contributed by atoms with Gasteiger partial charge in [0.2, 0.25) is 6.04 Å². The third-order valence-electron chi connectivity index (χ3n) is 5.60. The van der Waals surface area contributed by atoms with Crippen LogP contribution in [-0.4, -0.2) is 41.2 Å². The summed E-state index contributed by atoms with van der Waals surface area (Å²) >= 11 is 7.82. The lowest BCUT2D eigenvalue weighted by Gasteiger charge is -2.36. The number of thioether (sulfide) groups is 1. The summed E-state index contributed by atoms with van der Waals surface area (Å²) in [5, 5.41) is 1.53. The number of rotatable bonds is 5. The fraction of sp³-hybridized carbons (Fsp3) is 0.333. The van der Waals surface area contributed by atoms with Gasteiger partial charge in [-0.05, 0) is 30.5 Å². The smallest absolute Gasteiger partial charge is 0.227 e. The van der Waals surface area contributed by atoms with Crippen LogP contribution in [0.5, 0.6) is 0 Å². The number of hydrogen-bond acceptors (Lipinski definition) is 5. The van der Waals surface area contributed by atoms with Crippen LogP contribution in [-0.2, 0) is 11.3 Å². The highest BCUT2D eigenvalue weighted by atomic mass is 35.5. The number of fused-ring (bicyclic) bond motifs is 2. The predicted octanol–water partition coefficient (Wildman–Crippen LogP) is 4.01. The molecule has 148 valence electrons. The molecule has 3 aromatic rings. The van der Waals surface area contributed by atoms with Gasteiger partial charge in [-0.25, -0.2) is 11.6 Å². The van der Waals surface area contributed by atoms with Crippen LogP contribution < -0.4 is 10.3 Å². The third-order valence-corrected chi connectivity index (χ3v) is 6.85. The van der Waals surface area contributed by atoms with Crippen LogP contribution in [0.4, 0.5) is 5.82 Å². The third kappa shape index (κ3) is 3.17. The SMILES string of the molecule is [C-]#[N+]C1CC(N(C)c2ccc3c(=O)c4ccc(Cl)c(SC)c4n(CC=O)c3n2)C1. The van der Waals surface area contributed by atoms with E-state index in [2.05, 4.69) is 9.74 Å². The molecule has 6 nitrogen and oxygen atoms in total. The van der Waals surface area contributed by atoms with Crippen molar-refractivity contribution < 1.29 is 4.79 Å². The average molecular weight is 427 g/mol. The molecule has 1 aliphatic rings. The van der Waals surface area contributed by atoms with Crippen LogP contribution in [0.3, 0.4) is 0 Å². The van der Waals surface area contributed by atoms with Gasteiger partial charge >= 0.3 is 0 Å². The molecule has 1 fully saturated rings. The zero-order valence-electron chi connectivity index (χ0n) is 16.1. The first-order valence-corrected chi connectivity index (χ1v) is 10.8. The topological polar surface area (TPSA) is 59.6 Å². The van der Waals surface area contributed by atoms with Gasteiger partial charge in [0.05, 0.1) is 27.4 Å². The first-order valence-electron chi connectivity index (χ1n) is 9.23. The number of carbonyl (C=O) groups excluding carboxylic acids is 1. The van der Waals surface area contributed by atoms with Crippen molar-refractivity contribution in [2.24, 2.45) is 0 Å². The number of anilines is 1. The lowest BCUT2D eigenvalue weighted by Crippen LogP contribution is -2.44. The van der Waals surface area contributed by atoms with E-state index in [-0.39, 0.29) is 24.1 Å². The van der Waals surface area contributed by atoms with E-state index in [0.29, 0.717) is 27.0 Å². The molecule has 0 radical (unpaired) electrons. The second-order valence-electron chi connectivity index (χ2n) is 7.14. The molecule has 1 saturated carbocycles. The van der Waals surface area contributed by atoms with Crippen LogP contribution in [0.25, 0.3) is 26.8 Å². The van der Waals surface area contributed by atoms with E-state index < -0.39 is 0 Å². The Morgan fingerprint density at radius 2 is 2.07 bits per heavy atom. The molecule has 0 saturated heterocycles. The van der Waals surface area contributed by atoms with Crippen molar-refractivity contribution in [1.29, 1.82) is 0 Å². The lowest BCUT2D eigenvalue weighted by atomic mass is 9.86. The van der Waals surface area contributed by atoms with Crippen LogP contribution in [0.2, 0.25) is 5.02 Å². The van der Waals surface area contributed by atoms with Gasteiger partial charge in [0.1, 0.15) is 17.8 Å². The van der Waals surface area contributed by atoms with Gasteiger partial charge in [-0.3, -0.25) is 4.79 Å². The molecule has 29 heavy (non-hydrogen) atoms. The Morgan fingerprint density at radius 1 is 1.34 bits per heavy atom. The van der Waals surface area contributed by atoms with Gasteiger partial charge in [0.25, 0.3) is 0 Å². The van der Waals surface area contributed by atoms with Gasteiger partial charge in [0.15, 0.2) is 5.43 Å². The van der Waals surface area contributed by atoms with Crippen LogP contribution in [0.15, 0.2) is 34.0 Å². The Hall–Kier alpha value is -2.56. The molecule has 4 rings (SSSR count). The maximum absolute atomic E-state index is 13.1. The van der Waals surface area contributed by atoms with E-state index in [9.17, 15) is 9.59 Å². The molecule has 2 heterocycles. The van der Waals surface area contributed by atoms with E-state index in [4.69, 9.17) is 23.2 Å². The minimum absolute atomic E-state index is 0.0740. The quantitative estimate of drug-likeness (QED) is 0.267. The Kier molecular flexibility index (Phi) is 5.24. The molecule has 8 heteroatoms. The summed E-state index contributed by atoms with van der Waals surface area (Å²) < 4.78 is 1.77. The number of hydrogen-bond donors (Lipinski definition) is 0. The van der Waals surface area contributed by atoms with Crippen molar-refractivity contribution in [3.05, 3.63) is 50.9 Å². The van der Waals surface area contributed by atoms with Crippen LogP contribution >= 0.6 is 23.4 Å². The Balaban J connectivity index is 1.97. The molecule has 0 N–H and O–H groups in total. The maximum Gasteiger partial charge on any atom is 0.227 e. The van der Waals surface area contributed by atoms with Gasteiger partial charge in [0, 0.05) is 31.3 Å². The standard InChI is InChI=1S/C21H19ClN4O2S/c1-23-12-10-13(11-12)25(2)17-7-5-15-19(28)14-4-6-16(22)20(29-3)18(14)26(8-9-27)21(15)24-17/h4-7,9,12-13H,8,10-11H2,2-3H3. The molecule has 2 aromatic heterocycles. The lowest BCUT2D eigenvalue weighted by molar-refractivity contribution is -0.108. The molecule has 0 atom stereocenters. The number of nitrogens with zero attached hydrogens (tertiary/aromatic N) is 4. The number of aromatic nitrogens is 2. The second-order valence-corrected chi connectivity index (χ2v) is 8.37.